The number of piperidine rings is 1. The fraction of sp³-hybridized carbons (Fsp3) is 0.889. The van der Waals surface area contributed by atoms with Crippen molar-refractivity contribution >= 4 is 11.8 Å². The van der Waals surface area contributed by atoms with Crippen molar-refractivity contribution in [1.29, 1.82) is 0 Å². The Morgan fingerprint density at radius 1 is 1.17 bits per heavy atom. The van der Waals surface area contributed by atoms with E-state index in [4.69, 9.17) is 0 Å². The number of rotatable bonds is 6. The molecular formula is C18H34N4O2. The van der Waals surface area contributed by atoms with Crippen LogP contribution < -0.4 is 10.6 Å². The van der Waals surface area contributed by atoms with Crippen LogP contribution in [0.15, 0.2) is 0 Å². The minimum Gasteiger partial charge on any atom is -0.353 e. The maximum atomic E-state index is 12.5. The van der Waals surface area contributed by atoms with Crippen LogP contribution in [0.3, 0.4) is 0 Å². The lowest BCUT2D eigenvalue weighted by molar-refractivity contribution is -0.134. The molecule has 2 amide bonds. The molecule has 24 heavy (non-hydrogen) atoms. The SMILES string of the molecule is CC(C)NC(=O)CN1CCN(C(=O)CC(C)C2CCCNC2)CC1. The van der Waals surface area contributed by atoms with E-state index < -0.39 is 0 Å². The van der Waals surface area contributed by atoms with Crippen LogP contribution in [0.2, 0.25) is 0 Å². The molecule has 0 spiro atoms. The fourth-order valence-corrected chi connectivity index (χ4v) is 3.66. The van der Waals surface area contributed by atoms with Gasteiger partial charge in [0.1, 0.15) is 0 Å². The molecule has 2 fully saturated rings. The van der Waals surface area contributed by atoms with Crippen molar-refractivity contribution in [2.45, 2.75) is 46.1 Å². The maximum Gasteiger partial charge on any atom is 0.234 e. The van der Waals surface area contributed by atoms with Crippen LogP contribution in [-0.4, -0.2) is 73.5 Å². The van der Waals surface area contributed by atoms with E-state index in [-0.39, 0.29) is 17.9 Å². The second-order valence-corrected chi connectivity index (χ2v) is 7.67. The molecule has 0 saturated carbocycles. The van der Waals surface area contributed by atoms with Crippen LogP contribution in [0.1, 0.15) is 40.0 Å². The van der Waals surface area contributed by atoms with Crippen molar-refractivity contribution in [3.8, 4) is 0 Å². The van der Waals surface area contributed by atoms with Crippen molar-refractivity contribution < 1.29 is 9.59 Å². The van der Waals surface area contributed by atoms with Gasteiger partial charge >= 0.3 is 0 Å². The van der Waals surface area contributed by atoms with E-state index in [0.29, 0.717) is 24.8 Å². The number of amides is 2. The molecule has 2 aliphatic rings. The third kappa shape index (κ3) is 6.06. The normalized spacial score (nSPS) is 24.0. The molecule has 0 aliphatic carbocycles. The van der Waals surface area contributed by atoms with Crippen LogP contribution in [0.5, 0.6) is 0 Å². The zero-order chi connectivity index (χ0) is 17.5. The number of piperazine rings is 1. The minimum atomic E-state index is 0.0724. The third-order valence-corrected chi connectivity index (χ3v) is 5.18. The quantitative estimate of drug-likeness (QED) is 0.748. The maximum absolute atomic E-state index is 12.5. The molecule has 2 aliphatic heterocycles. The smallest absolute Gasteiger partial charge is 0.234 e. The predicted octanol–water partition coefficient (Wildman–Crippen LogP) is 0.681. The van der Waals surface area contributed by atoms with E-state index in [9.17, 15) is 9.59 Å². The Bertz CT molecular complexity index is 413. The molecular weight excluding hydrogens is 304 g/mol. The largest absolute Gasteiger partial charge is 0.353 e. The van der Waals surface area contributed by atoms with Gasteiger partial charge in [-0.3, -0.25) is 14.5 Å². The summed E-state index contributed by atoms with van der Waals surface area (Å²) in [6.45, 7) is 11.8. The number of nitrogens with one attached hydrogen (secondary N) is 2. The zero-order valence-electron chi connectivity index (χ0n) is 15.5. The van der Waals surface area contributed by atoms with Gasteiger partial charge in [0.15, 0.2) is 0 Å². The predicted molar refractivity (Wildman–Crippen MR) is 95.7 cm³/mol. The third-order valence-electron chi connectivity index (χ3n) is 5.18. The van der Waals surface area contributed by atoms with Gasteiger partial charge in [-0.05, 0) is 51.6 Å². The number of carbonyl (C=O) groups excluding carboxylic acids is 2. The topological polar surface area (TPSA) is 64.7 Å². The highest BCUT2D eigenvalue weighted by atomic mass is 16.2. The summed E-state index contributed by atoms with van der Waals surface area (Å²) in [5.74, 6) is 1.42. The summed E-state index contributed by atoms with van der Waals surface area (Å²) < 4.78 is 0. The molecule has 0 bridgehead atoms. The van der Waals surface area contributed by atoms with E-state index in [0.717, 1.165) is 39.3 Å². The first-order valence-corrected chi connectivity index (χ1v) is 9.46. The molecule has 6 nitrogen and oxygen atoms in total. The average molecular weight is 338 g/mol. The Balaban J connectivity index is 1.69. The highest BCUT2D eigenvalue weighted by Crippen LogP contribution is 2.23. The number of hydrogen-bond acceptors (Lipinski definition) is 4. The summed E-state index contributed by atoms with van der Waals surface area (Å²) in [5.41, 5.74) is 0. The van der Waals surface area contributed by atoms with Crippen LogP contribution in [0.25, 0.3) is 0 Å². The Morgan fingerprint density at radius 3 is 2.46 bits per heavy atom. The van der Waals surface area contributed by atoms with Gasteiger partial charge in [0, 0.05) is 38.6 Å². The monoisotopic (exact) mass is 338 g/mol. The van der Waals surface area contributed by atoms with Crippen LogP contribution in [0, 0.1) is 11.8 Å². The molecule has 2 saturated heterocycles. The van der Waals surface area contributed by atoms with Crippen molar-refractivity contribution in [1.82, 2.24) is 20.4 Å². The summed E-state index contributed by atoms with van der Waals surface area (Å²) in [6.07, 6.45) is 3.11. The van der Waals surface area contributed by atoms with Gasteiger partial charge in [-0.25, -0.2) is 0 Å². The molecule has 2 unspecified atom stereocenters. The molecule has 138 valence electrons. The van der Waals surface area contributed by atoms with Gasteiger partial charge in [0.05, 0.1) is 6.54 Å². The molecule has 0 aromatic rings. The van der Waals surface area contributed by atoms with E-state index in [1.807, 2.05) is 18.7 Å². The lowest BCUT2D eigenvalue weighted by atomic mass is 9.85. The Kier molecular flexibility index (Phi) is 7.49. The van der Waals surface area contributed by atoms with Crippen molar-refractivity contribution in [3.05, 3.63) is 0 Å². The molecule has 0 aromatic heterocycles. The first-order valence-electron chi connectivity index (χ1n) is 9.46. The molecule has 2 heterocycles. The van der Waals surface area contributed by atoms with Crippen LogP contribution in [0.4, 0.5) is 0 Å². The lowest BCUT2D eigenvalue weighted by Crippen LogP contribution is -2.52. The van der Waals surface area contributed by atoms with Gasteiger partial charge < -0.3 is 15.5 Å². The standard InChI is InChI=1S/C18H34N4O2/c1-14(2)20-17(23)13-21-7-9-22(10-8-21)18(24)11-15(3)16-5-4-6-19-12-16/h14-16,19H,4-13H2,1-3H3,(H,20,23). The summed E-state index contributed by atoms with van der Waals surface area (Å²) >= 11 is 0. The first-order chi connectivity index (χ1) is 11.5. The van der Waals surface area contributed by atoms with E-state index in [2.05, 4.69) is 22.5 Å². The highest BCUT2D eigenvalue weighted by Gasteiger charge is 2.26. The lowest BCUT2D eigenvalue weighted by Gasteiger charge is -2.36. The molecule has 6 heteroatoms. The van der Waals surface area contributed by atoms with Gasteiger partial charge in [-0.15, -0.1) is 0 Å². The second kappa shape index (κ2) is 9.37. The Morgan fingerprint density at radius 2 is 1.88 bits per heavy atom. The number of nitrogens with zero attached hydrogens (tertiary/aromatic N) is 2. The highest BCUT2D eigenvalue weighted by molar-refractivity contribution is 5.78. The van der Waals surface area contributed by atoms with Gasteiger partial charge in [0.25, 0.3) is 0 Å². The minimum absolute atomic E-state index is 0.0724. The van der Waals surface area contributed by atoms with Crippen LogP contribution >= 0.6 is 0 Å². The number of carbonyl (C=O) groups is 2. The summed E-state index contributed by atoms with van der Waals surface area (Å²) in [6, 6.07) is 0.177. The molecule has 2 N–H and O–H groups in total. The van der Waals surface area contributed by atoms with Crippen molar-refractivity contribution in [2.75, 3.05) is 45.8 Å². The van der Waals surface area contributed by atoms with E-state index >= 15 is 0 Å². The Labute approximate surface area is 146 Å². The first kappa shape index (κ1) is 19.2. The van der Waals surface area contributed by atoms with Crippen molar-refractivity contribution in [2.24, 2.45) is 11.8 Å². The molecule has 2 rings (SSSR count). The molecule has 0 aromatic carbocycles. The van der Waals surface area contributed by atoms with Crippen molar-refractivity contribution in [3.63, 3.8) is 0 Å². The summed E-state index contributed by atoms with van der Waals surface area (Å²) in [4.78, 5) is 28.5. The Hall–Kier alpha value is -1.14. The molecule has 0 radical (unpaired) electrons. The summed E-state index contributed by atoms with van der Waals surface area (Å²) in [5, 5.41) is 6.36. The van der Waals surface area contributed by atoms with Gasteiger partial charge in [0.2, 0.25) is 11.8 Å². The van der Waals surface area contributed by atoms with E-state index in [1.54, 1.807) is 0 Å². The van der Waals surface area contributed by atoms with E-state index in [1.165, 1.54) is 12.8 Å². The van der Waals surface area contributed by atoms with Gasteiger partial charge in [-0.2, -0.15) is 0 Å². The van der Waals surface area contributed by atoms with Crippen LogP contribution in [-0.2, 0) is 9.59 Å². The summed E-state index contributed by atoms with van der Waals surface area (Å²) in [7, 11) is 0. The molecule has 2 atom stereocenters. The fourth-order valence-electron chi connectivity index (χ4n) is 3.66. The zero-order valence-corrected chi connectivity index (χ0v) is 15.5. The number of hydrogen-bond donors (Lipinski definition) is 2. The van der Waals surface area contributed by atoms with Gasteiger partial charge in [-0.1, -0.05) is 6.92 Å². The second-order valence-electron chi connectivity index (χ2n) is 7.67. The average Bonchev–Trinajstić information content (AvgIpc) is 2.55.